The zero-order valence-corrected chi connectivity index (χ0v) is 13.4. The summed E-state index contributed by atoms with van der Waals surface area (Å²) in [5.74, 6) is 2.07. The van der Waals surface area contributed by atoms with Crippen LogP contribution in [-0.4, -0.2) is 36.7 Å². The van der Waals surface area contributed by atoms with Gasteiger partial charge in [-0.15, -0.1) is 0 Å². The van der Waals surface area contributed by atoms with Crippen LogP contribution in [0.2, 0.25) is 0 Å². The van der Waals surface area contributed by atoms with Crippen LogP contribution in [0.3, 0.4) is 0 Å². The van der Waals surface area contributed by atoms with Gasteiger partial charge in [0, 0.05) is 25.7 Å². The van der Waals surface area contributed by atoms with Crippen molar-refractivity contribution >= 4 is 5.91 Å². The minimum atomic E-state index is 0.158. The molecule has 0 bridgehead atoms. The summed E-state index contributed by atoms with van der Waals surface area (Å²) in [6.45, 7) is 2.61. The molecule has 3 aliphatic rings. The quantitative estimate of drug-likeness (QED) is 0.926. The molecule has 23 heavy (non-hydrogen) atoms. The lowest BCUT2D eigenvalue weighted by atomic mass is 9.91. The smallest absolute Gasteiger partial charge is 0.231 e. The molecule has 0 aromatic heterocycles. The number of hydrogen-bond acceptors (Lipinski definition) is 4. The molecular weight excluding hydrogens is 292 g/mol. The molecule has 124 valence electrons. The van der Waals surface area contributed by atoms with Gasteiger partial charge in [0.05, 0.1) is 5.92 Å². The van der Waals surface area contributed by atoms with E-state index in [2.05, 4.69) is 16.3 Å². The van der Waals surface area contributed by atoms with Gasteiger partial charge >= 0.3 is 0 Å². The fraction of sp³-hybridized carbons (Fsp3) is 0.611. The molecule has 1 aromatic carbocycles. The summed E-state index contributed by atoms with van der Waals surface area (Å²) >= 11 is 0. The predicted octanol–water partition coefficient (Wildman–Crippen LogP) is 2.30. The van der Waals surface area contributed by atoms with E-state index >= 15 is 0 Å². The van der Waals surface area contributed by atoms with Gasteiger partial charge in [0.15, 0.2) is 11.5 Å². The van der Waals surface area contributed by atoms with E-state index < -0.39 is 0 Å². The number of nitrogens with one attached hydrogen (secondary N) is 1. The highest BCUT2D eigenvalue weighted by Crippen LogP contribution is 2.34. The van der Waals surface area contributed by atoms with Gasteiger partial charge in [-0.3, -0.25) is 4.79 Å². The van der Waals surface area contributed by atoms with Crippen molar-refractivity contribution in [2.45, 2.75) is 44.7 Å². The lowest BCUT2D eigenvalue weighted by Crippen LogP contribution is -2.54. The molecule has 2 aliphatic heterocycles. The second kappa shape index (κ2) is 6.40. The molecule has 0 unspecified atom stereocenters. The third-order valence-corrected chi connectivity index (χ3v) is 5.22. The summed E-state index contributed by atoms with van der Waals surface area (Å²) in [7, 11) is 0. The van der Waals surface area contributed by atoms with Gasteiger partial charge in [0.25, 0.3) is 0 Å². The predicted molar refractivity (Wildman–Crippen MR) is 86.3 cm³/mol. The van der Waals surface area contributed by atoms with Crippen molar-refractivity contribution in [1.82, 2.24) is 10.2 Å². The largest absolute Gasteiger partial charge is 0.454 e. The average molecular weight is 316 g/mol. The molecule has 1 N–H and O–H groups in total. The first-order chi connectivity index (χ1) is 11.3. The van der Waals surface area contributed by atoms with Crippen molar-refractivity contribution in [3.63, 3.8) is 0 Å². The Bertz CT molecular complexity index is 580. The Balaban J connectivity index is 1.53. The van der Waals surface area contributed by atoms with Crippen molar-refractivity contribution in [1.29, 1.82) is 0 Å². The fourth-order valence-corrected chi connectivity index (χ4v) is 3.71. The van der Waals surface area contributed by atoms with Crippen LogP contribution in [0.25, 0.3) is 0 Å². The standard InChI is InChI=1S/C18H24N2O3/c21-18(14-9-19-10-14)20(15-4-2-1-3-5-15)11-13-6-7-16-17(8-13)23-12-22-16/h6-8,14-15,19H,1-5,9-12H2. The summed E-state index contributed by atoms with van der Waals surface area (Å²) in [6.07, 6.45) is 6.04. The first-order valence-electron chi connectivity index (χ1n) is 8.71. The average Bonchev–Trinajstić information content (AvgIpc) is 2.99. The van der Waals surface area contributed by atoms with Crippen molar-refractivity contribution in [2.24, 2.45) is 5.92 Å². The number of hydrogen-bond donors (Lipinski definition) is 1. The Morgan fingerprint density at radius 1 is 1.13 bits per heavy atom. The highest BCUT2D eigenvalue weighted by atomic mass is 16.7. The van der Waals surface area contributed by atoms with Crippen molar-refractivity contribution < 1.29 is 14.3 Å². The molecule has 0 radical (unpaired) electrons. The minimum absolute atomic E-state index is 0.158. The molecule has 1 amide bonds. The molecule has 1 aliphatic carbocycles. The number of fused-ring (bicyclic) bond motifs is 1. The van der Waals surface area contributed by atoms with Gasteiger partial charge < -0.3 is 19.7 Å². The number of amides is 1. The van der Waals surface area contributed by atoms with Gasteiger partial charge in [-0.1, -0.05) is 25.3 Å². The van der Waals surface area contributed by atoms with E-state index in [4.69, 9.17) is 9.47 Å². The molecule has 2 fully saturated rings. The maximum atomic E-state index is 12.9. The van der Waals surface area contributed by atoms with Crippen molar-refractivity contribution in [3.8, 4) is 11.5 Å². The number of rotatable bonds is 4. The summed E-state index contributed by atoms with van der Waals surface area (Å²) in [4.78, 5) is 15.0. The number of carbonyl (C=O) groups excluding carboxylic acids is 1. The van der Waals surface area contributed by atoms with Crippen LogP contribution in [0.1, 0.15) is 37.7 Å². The lowest BCUT2D eigenvalue weighted by molar-refractivity contribution is -0.141. The Kier molecular flexibility index (Phi) is 4.12. The molecule has 5 nitrogen and oxygen atoms in total. The van der Waals surface area contributed by atoms with Crippen LogP contribution < -0.4 is 14.8 Å². The van der Waals surface area contributed by atoms with E-state index in [1.54, 1.807) is 0 Å². The number of ether oxygens (including phenoxy) is 2. The number of benzene rings is 1. The molecule has 1 saturated heterocycles. The Labute approximate surface area is 136 Å². The summed E-state index contributed by atoms with van der Waals surface area (Å²) in [5.41, 5.74) is 1.13. The fourth-order valence-electron chi connectivity index (χ4n) is 3.71. The van der Waals surface area contributed by atoms with Crippen LogP contribution in [0.5, 0.6) is 11.5 Å². The lowest BCUT2D eigenvalue weighted by Gasteiger charge is -2.39. The Hall–Kier alpha value is -1.75. The molecular formula is C18H24N2O3. The number of nitrogens with zero attached hydrogens (tertiary/aromatic N) is 1. The SMILES string of the molecule is O=C(C1CNC1)N(Cc1ccc2c(c1)OCO2)C1CCCCC1. The van der Waals surface area contributed by atoms with Crippen LogP contribution in [0, 0.1) is 5.92 Å². The first kappa shape index (κ1) is 14.8. The minimum Gasteiger partial charge on any atom is -0.454 e. The van der Waals surface area contributed by atoms with E-state index in [1.165, 1.54) is 19.3 Å². The topological polar surface area (TPSA) is 50.8 Å². The Morgan fingerprint density at radius 3 is 2.65 bits per heavy atom. The Morgan fingerprint density at radius 2 is 1.91 bits per heavy atom. The maximum absolute atomic E-state index is 12.9. The molecule has 1 aromatic rings. The zero-order valence-electron chi connectivity index (χ0n) is 13.4. The number of carbonyl (C=O) groups is 1. The van der Waals surface area contributed by atoms with Crippen LogP contribution >= 0.6 is 0 Å². The van der Waals surface area contributed by atoms with E-state index in [9.17, 15) is 4.79 Å². The van der Waals surface area contributed by atoms with Gasteiger partial charge in [-0.05, 0) is 30.5 Å². The van der Waals surface area contributed by atoms with Crippen LogP contribution in [0.15, 0.2) is 18.2 Å². The highest BCUT2D eigenvalue weighted by molar-refractivity contribution is 5.80. The van der Waals surface area contributed by atoms with Crippen molar-refractivity contribution in [3.05, 3.63) is 23.8 Å². The first-order valence-corrected chi connectivity index (χ1v) is 8.71. The molecule has 1 saturated carbocycles. The summed E-state index contributed by atoms with van der Waals surface area (Å²) in [5, 5.41) is 3.21. The second-order valence-electron chi connectivity index (χ2n) is 6.80. The van der Waals surface area contributed by atoms with Crippen LogP contribution in [-0.2, 0) is 11.3 Å². The van der Waals surface area contributed by atoms with E-state index in [1.807, 2.05) is 12.1 Å². The monoisotopic (exact) mass is 316 g/mol. The normalized spacial score (nSPS) is 21.0. The van der Waals surface area contributed by atoms with Crippen LogP contribution in [0.4, 0.5) is 0 Å². The molecule has 4 rings (SSSR count). The highest BCUT2D eigenvalue weighted by Gasteiger charge is 2.33. The van der Waals surface area contributed by atoms with E-state index in [0.717, 1.165) is 43.0 Å². The molecule has 5 heteroatoms. The third kappa shape index (κ3) is 3.02. The maximum Gasteiger partial charge on any atom is 0.231 e. The van der Waals surface area contributed by atoms with Gasteiger partial charge in [0.2, 0.25) is 12.7 Å². The van der Waals surface area contributed by atoms with Gasteiger partial charge in [-0.25, -0.2) is 0 Å². The summed E-state index contributed by atoms with van der Waals surface area (Å²) < 4.78 is 10.8. The van der Waals surface area contributed by atoms with E-state index in [-0.39, 0.29) is 12.7 Å². The zero-order chi connectivity index (χ0) is 15.6. The van der Waals surface area contributed by atoms with E-state index in [0.29, 0.717) is 18.5 Å². The molecule has 2 heterocycles. The molecule has 0 atom stereocenters. The summed E-state index contributed by atoms with van der Waals surface area (Å²) in [6, 6.07) is 6.41. The van der Waals surface area contributed by atoms with Crippen molar-refractivity contribution in [2.75, 3.05) is 19.9 Å². The molecule has 0 spiro atoms. The van der Waals surface area contributed by atoms with Gasteiger partial charge in [0.1, 0.15) is 0 Å². The second-order valence-corrected chi connectivity index (χ2v) is 6.80. The van der Waals surface area contributed by atoms with Gasteiger partial charge in [-0.2, -0.15) is 0 Å². The third-order valence-electron chi connectivity index (χ3n) is 5.22.